The van der Waals surface area contributed by atoms with Gasteiger partial charge in [-0.15, -0.1) is 0 Å². The van der Waals surface area contributed by atoms with E-state index < -0.39 is 0 Å². The van der Waals surface area contributed by atoms with Gasteiger partial charge in [0.05, 0.1) is 32.2 Å². The van der Waals surface area contributed by atoms with Crippen molar-refractivity contribution in [2.75, 3.05) is 58.6 Å². The Morgan fingerprint density at radius 1 is 1.02 bits per heavy atom. The van der Waals surface area contributed by atoms with Crippen LogP contribution >= 0.6 is 0 Å². The number of hydrogen-bond donors (Lipinski definition) is 3. The van der Waals surface area contributed by atoms with Gasteiger partial charge in [0.15, 0.2) is 0 Å². The summed E-state index contributed by atoms with van der Waals surface area (Å²) >= 11 is 0. The van der Waals surface area contributed by atoms with Gasteiger partial charge in [0.2, 0.25) is 0 Å². The number of carbonyl (C=O) groups excluding carboxylic acids is 2. The number of allylic oxidation sites excluding steroid dienone is 1. The van der Waals surface area contributed by atoms with E-state index in [1.165, 1.54) is 30.9 Å². The summed E-state index contributed by atoms with van der Waals surface area (Å²) in [7, 11) is 7.39. The number of nitrogen functional groups attached to an aromatic ring is 1. The number of esters is 2. The summed E-state index contributed by atoms with van der Waals surface area (Å²) in [6.45, 7) is 15.4. The van der Waals surface area contributed by atoms with Gasteiger partial charge in [0.1, 0.15) is 11.9 Å². The quantitative estimate of drug-likeness (QED) is 0.146. The van der Waals surface area contributed by atoms with Crippen LogP contribution in [0.2, 0.25) is 0 Å². The standard InChI is InChI=1S/C21H27N3O3.C20H27N3O2.2C2H6/c1-12(25)27-18-14-5-4-9-24-10-8-21(19(14)24)15-7-6-13(26-3)11-16(15)23(2)20(21)17(18)22;1-4-13-6-5-7-15(20(24)25-3)19-17(12-23(2)11-13)16-10-14(21)8-9-18(16)22-19;2*1-2/h4-7,11,14,17-20H,8-10,22H2,1-3H3;6,8-10,15,22H,4-5,7,11-12,21H2,1-3H3;2*1-2H3/b;13-6-;;/t14?,17?,18?,19?,20?,21-;;;/m1.../s1. The van der Waals surface area contributed by atoms with Crippen molar-refractivity contribution in [1.29, 1.82) is 0 Å². The van der Waals surface area contributed by atoms with Gasteiger partial charge in [-0.25, -0.2) is 0 Å². The number of hydrogen-bond acceptors (Lipinski definition) is 10. The third kappa shape index (κ3) is 7.70. The molecular weight excluding hydrogens is 705 g/mol. The second kappa shape index (κ2) is 18.3. The van der Waals surface area contributed by atoms with Gasteiger partial charge in [-0.2, -0.15) is 0 Å². The molecule has 1 aliphatic carbocycles. The Morgan fingerprint density at radius 2 is 1.77 bits per heavy atom. The topological polar surface area (TPSA) is 139 Å². The highest BCUT2D eigenvalue weighted by Crippen LogP contribution is 2.60. The fourth-order valence-electron chi connectivity index (χ4n) is 10.2. The second-order valence-electron chi connectivity index (χ2n) is 15.2. The molecule has 11 heteroatoms. The normalized spacial score (nSPS) is 28.6. The van der Waals surface area contributed by atoms with E-state index in [4.69, 9.17) is 25.7 Å². The first kappa shape index (κ1) is 42.8. The Balaban J connectivity index is 0.000000198. The Hall–Kier alpha value is -4.32. The largest absolute Gasteiger partial charge is 0.497 e. The number of fused-ring (bicyclic) bond motifs is 4. The molecule has 11 nitrogen and oxygen atoms in total. The van der Waals surface area contributed by atoms with Gasteiger partial charge < -0.3 is 35.6 Å². The number of H-pyrrole nitrogens is 1. The van der Waals surface area contributed by atoms with E-state index in [1.807, 2.05) is 45.9 Å². The summed E-state index contributed by atoms with van der Waals surface area (Å²) in [5.74, 6) is 0.254. The van der Waals surface area contributed by atoms with Crippen molar-refractivity contribution in [2.24, 2.45) is 11.7 Å². The van der Waals surface area contributed by atoms with Crippen molar-refractivity contribution in [3.05, 3.63) is 77.0 Å². The van der Waals surface area contributed by atoms with E-state index in [1.54, 1.807) is 7.11 Å². The van der Waals surface area contributed by atoms with Gasteiger partial charge in [0, 0.05) is 85.0 Å². The molecule has 6 unspecified atom stereocenters. The maximum Gasteiger partial charge on any atom is 0.314 e. The van der Waals surface area contributed by atoms with Crippen LogP contribution in [-0.2, 0) is 31.0 Å². The molecule has 306 valence electrons. The molecule has 8 rings (SSSR count). The van der Waals surface area contributed by atoms with Crippen molar-refractivity contribution >= 4 is 34.2 Å². The fourth-order valence-corrected chi connectivity index (χ4v) is 10.2. The van der Waals surface area contributed by atoms with Gasteiger partial charge in [-0.05, 0) is 74.7 Å². The SMILES string of the molecule is CC.CC.CC/C1=C/CCC(C(=O)OC)c2[nH]c3ccc(N)cc3c2CN(C)C1.COc1ccc2c(c1)N(C)C1C(N)C(OC(C)=O)C3C=CCN4CC[C@]21C34. The monoisotopic (exact) mass is 771 g/mol. The number of nitrogens with one attached hydrogen (secondary N) is 1. The Morgan fingerprint density at radius 3 is 2.45 bits per heavy atom. The molecule has 2 aromatic carbocycles. The molecule has 0 bridgehead atoms. The minimum atomic E-state index is -0.304. The lowest BCUT2D eigenvalue weighted by Crippen LogP contribution is -2.72. The molecule has 0 amide bonds. The summed E-state index contributed by atoms with van der Waals surface area (Å²) in [5.41, 5.74) is 20.6. The predicted octanol–water partition coefficient (Wildman–Crippen LogP) is 6.91. The van der Waals surface area contributed by atoms with Crippen LogP contribution < -0.4 is 21.1 Å². The highest BCUT2D eigenvalue weighted by Gasteiger charge is 2.68. The second-order valence-corrected chi connectivity index (χ2v) is 15.2. The first-order valence-electron chi connectivity index (χ1n) is 20.6. The van der Waals surface area contributed by atoms with Crippen LogP contribution in [0.5, 0.6) is 5.75 Å². The maximum atomic E-state index is 12.5. The highest BCUT2D eigenvalue weighted by molar-refractivity contribution is 5.90. The highest BCUT2D eigenvalue weighted by atomic mass is 16.5. The summed E-state index contributed by atoms with van der Waals surface area (Å²) in [4.78, 5) is 34.9. The van der Waals surface area contributed by atoms with E-state index in [0.29, 0.717) is 6.04 Å². The zero-order valence-corrected chi connectivity index (χ0v) is 35.4. The van der Waals surface area contributed by atoms with Crippen molar-refractivity contribution in [2.45, 2.75) is 109 Å². The molecule has 2 fully saturated rings. The van der Waals surface area contributed by atoms with Crippen LogP contribution in [-0.4, -0.2) is 98.9 Å². The summed E-state index contributed by atoms with van der Waals surface area (Å²) in [6.07, 6.45) is 10.1. The number of likely N-dealkylation sites (N-methyl/N-ethyl adjacent to an activating group) is 2. The minimum Gasteiger partial charge on any atom is -0.497 e. The Labute approximate surface area is 334 Å². The van der Waals surface area contributed by atoms with Crippen molar-refractivity contribution in [1.82, 2.24) is 14.8 Å². The molecule has 4 aliphatic heterocycles. The number of carbonyl (C=O) groups is 2. The molecule has 1 spiro atoms. The van der Waals surface area contributed by atoms with Gasteiger partial charge in [0.25, 0.3) is 0 Å². The number of anilines is 2. The van der Waals surface area contributed by atoms with Crippen LogP contribution in [0.3, 0.4) is 0 Å². The van der Waals surface area contributed by atoms with Crippen molar-refractivity contribution in [3.8, 4) is 5.75 Å². The number of nitrogens with zero attached hydrogens (tertiary/aromatic N) is 3. The molecule has 1 saturated heterocycles. The van der Waals surface area contributed by atoms with E-state index in [9.17, 15) is 9.59 Å². The van der Waals surface area contributed by atoms with Crippen molar-refractivity contribution in [3.63, 3.8) is 0 Å². The third-order valence-electron chi connectivity index (χ3n) is 12.3. The lowest BCUT2D eigenvalue weighted by molar-refractivity contribution is -0.154. The van der Waals surface area contributed by atoms with E-state index in [-0.39, 0.29) is 47.4 Å². The summed E-state index contributed by atoms with van der Waals surface area (Å²) in [6, 6.07) is 12.4. The number of methoxy groups -OCH3 is 2. The minimum absolute atomic E-state index is 0.0398. The van der Waals surface area contributed by atoms with Crippen LogP contribution in [0.4, 0.5) is 11.4 Å². The molecule has 56 heavy (non-hydrogen) atoms. The molecule has 3 aromatic rings. The molecule has 1 saturated carbocycles. The van der Waals surface area contributed by atoms with Gasteiger partial charge in [-0.1, -0.05) is 64.5 Å². The predicted molar refractivity (Wildman–Crippen MR) is 227 cm³/mol. The summed E-state index contributed by atoms with van der Waals surface area (Å²) in [5, 5.41) is 1.10. The molecule has 0 radical (unpaired) electrons. The molecule has 5 N–H and O–H groups in total. The number of rotatable bonds is 4. The smallest absolute Gasteiger partial charge is 0.314 e. The molecule has 1 aromatic heterocycles. The Bertz CT molecular complexity index is 1900. The number of nitrogens with two attached hydrogens (primary N) is 2. The van der Waals surface area contributed by atoms with E-state index >= 15 is 0 Å². The van der Waals surface area contributed by atoms with E-state index in [0.717, 1.165) is 85.5 Å². The molecule has 7 atom stereocenters. The first-order valence-corrected chi connectivity index (χ1v) is 20.6. The lowest BCUT2D eigenvalue weighted by Gasteiger charge is -2.55. The van der Waals surface area contributed by atoms with Crippen LogP contribution in [0.15, 0.2) is 60.2 Å². The van der Waals surface area contributed by atoms with E-state index in [2.05, 4.69) is 77.1 Å². The summed E-state index contributed by atoms with van der Waals surface area (Å²) < 4.78 is 16.4. The molecule has 5 heterocycles. The number of ether oxygens (including phenoxy) is 3. The average Bonchev–Trinajstić information content (AvgIpc) is 3.85. The third-order valence-corrected chi connectivity index (χ3v) is 12.3. The lowest BCUT2D eigenvalue weighted by atomic mass is 9.58. The zero-order chi connectivity index (χ0) is 40.9. The zero-order valence-electron chi connectivity index (χ0n) is 35.4. The molecular formula is C45H66N6O5. The first-order chi connectivity index (χ1) is 27.0. The fraction of sp³-hybridized carbons (Fsp3) is 0.556. The van der Waals surface area contributed by atoms with Crippen LogP contribution in [0, 0.1) is 5.92 Å². The number of benzene rings is 2. The molecule has 5 aliphatic rings. The number of aromatic nitrogens is 1. The maximum absolute atomic E-state index is 12.5. The van der Waals surface area contributed by atoms with Crippen molar-refractivity contribution < 1.29 is 23.8 Å². The van der Waals surface area contributed by atoms with Crippen LogP contribution in [0.25, 0.3) is 10.9 Å². The average molecular weight is 771 g/mol. The van der Waals surface area contributed by atoms with Gasteiger partial charge in [-0.3, -0.25) is 19.4 Å². The van der Waals surface area contributed by atoms with Crippen LogP contribution in [0.1, 0.15) is 90.0 Å². The number of aromatic amines is 1. The van der Waals surface area contributed by atoms with Gasteiger partial charge >= 0.3 is 11.9 Å². The Kier molecular flexibility index (Phi) is 14.0.